The number of pyridine rings is 1. The largest absolute Gasteiger partial charge is 0.366 e. The summed E-state index contributed by atoms with van der Waals surface area (Å²) in [5.74, 6) is 0.390. The van der Waals surface area contributed by atoms with Crippen LogP contribution in [0.15, 0.2) is 54.7 Å². The number of nitrogens with zero attached hydrogens (tertiary/aromatic N) is 6. The van der Waals surface area contributed by atoms with Crippen LogP contribution in [0.25, 0.3) is 22.3 Å². The first-order valence-corrected chi connectivity index (χ1v) is 12.8. The lowest BCUT2D eigenvalue weighted by Crippen LogP contribution is -2.49. The first-order valence-electron chi connectivity index (χ1n) is 12.8. The van der Waals surface area contributed by atoms with Crippen molar-refractivity contribution in [1.82, 2.24) is 19.4 Å². The third-order valence-corrected chi connectivity index (χ3v) is 7.42. The van der Waals surface area contributed by atoms with Crippen LogP contribution in [0.5, 0.6) is 0 Å². The van der Waals surface area contributed by atoms with Gasteiger partial charge in [0.25, 0.3) is 5.91 Å². The van der Waals surface area contributed by atoms with E-state index in [1.165, 1.54) is 12.1 Å². The summed E-state index contributed by atoms with van der Waals surface area (Å²) in [4.78, 5) is 27.1. The van der Waals surface area contributed by atoms with Gasteiger partial charge in [-0.25, -0.2) is 9.37 Å². The van der Waals surface area contributed by atoms with E-state index in [4.69, 9.17) is 4.98 Å². The van der Waals surface area contributed by atoms with Gasteiger partial charge >= 0.3 is 0 Å². The predicted molar refractivity (Wildman–Crippen MR) is 140 cm³/mol. The van der Waals surface area contributed by atoms with Crippen molar-refractivity contribution in [2.45, 2.75) is 32.2 Å². The first kappa shape index (κ1) is 23.2. The van der Waals surface area contributed by atoms with Crippen LogP contribution < -0.4 is 4.90 Å². The molecule has 4 aromatic rings. The highest BCUT2D eigenvalue weighted by Crippen LogP contribution is 2.31. The molecule has 37 heavy (non-hydrogen) atoms. The van der Waals surface area contributed by atoms with E-state index in [-0.39, 0.29) is 11.7 Å². The third kappa shape index (κ3) is 4.20. The number of amides is 1. The summed E-state index contributed by atoms with van der Waals surface area (Å²) in [6, 6.07) is 16.5. The molecule has 2 aliphatic heterocycles. The highest BCUT2D eigenvalue weighted by Gasteiger charge is 2.30. The fourth-order valence-corrected chi connectivity index (χ4v) is 5.54. The zero-order valence-electron chi connectivity index (χ0n) is 20.5. The van der Waals surface area contributed by atoms with E-state index >= 15 is 0 Å². The van der Waals surface area contributed by atoms with E-state index in [9.17, 15) is 14.4 Å². The molecule has 8 heteroatoms. The minimum atomic E-state index is -0.290. The average Bonchev–Trinajstić information content (AvgIpc) is 3.12. The number of hydrogen-bond donors (Lipinski definition) is 0. The molecule has 2 aromatic carbocycles. The summed E-state index contributed by atoms with van der Waals surface area (Å²) < 4.78 is 15.7. The Balaban J connectivity index is 1.28. The molecule has 0 bridgehead atoms. The number of imidazole rings is 1. The van der Waals surface area contributed by atoms with Crippen LogP contribution in [0.2, 0.25) is 0 Å². The number of carbonyl (C=O) groups excluding carboxylic acids is 1. The van der Waals surface area contributed by atoms with Crippen LogP contribution >= 0.6 is 0 Å². The maximum atomic E-state index is 13.8. The number of halogens is 1. The molecule has 0 N–H and O–H groups in total. The molecule has 186 valence electrons. The molecule has 0 atom stereocenters. The highest BCUT2D eigenvalue weighted by atomic mass is 19.1. The monoisotopic (exact) mass is 494 g/mol. The average molecular weight is 495 g/mol. The van der Waals surface area contributed by atoms with Gasteiger partial charge in [-0.05, 0) is 49.6 Å². The topological polar surface area (TPSA) is 78.1 Å². The van der Waals surface area contributed by atoms with Gasteiger partial charge in [-0.1, -0.05) is 24.6 Å². The molecule has 0 saturated carbocycles. The molecule has 1 saturated heterocycles. The lowest BCUT2D eigenvalue weighted by atomic mass is 10.1. The smallest absolute Gasteiger partial charge is 0.274 e. The number of fused-ring (bicyclic) bond motifs is 2. The number of piperazine rings is 1. The molecule has 0 aliphatic carbocycles. The van der Waals surface area contributed by atoms with Gasteiger partial charge in [-0.3, -0.25) is 9.78 Å². The number of carbonyl (C=O) groups is 1. The molecule has 1 fully saturated rings. The van der Waals surface area contributed by atoms with Gasteiger partial charge in [0.1, 0.15) is 23.4 Å². The van der Waals surface area contributed by atoms with Crippen LogP contribution in [0.1, 0.15) is 41.0 Å². The van der Waals surface area contributed by atoms with Crippen LogP contribution in [-0.2, 0) is 13.0 Å². The summed E-state index contributed by atoms with van der Waals surface area (Å²) in [6.07, 6.45) is 5.61. The zero-order valence-corrected chi connectivity index (χ0v) is 20.5. The van der Waals surface area contributed by atoms with Crippen molar-refractivity contribution >= 4 is 22.5 Å². The summed E-state index contributed by atoms with van der Waals surface area (Å²) in [6.45, 7) is 3.13. The molecule has 2 aromatic heterocycles. The molecular formula is C29H27FN6O. The Hall–Kier alpha value is -4.25. The van der Waals surface area contributed by atoms with E-state index in [1.54, 1.807) is 18.3 Å². The van der Waals surface area contributed by atoms with Gasteiger partial charge in [0.05, 0.1) is 22.5 Å². The fourth-order valence-electron chi connectivity index (χ4n) is 5.54. The van der Waals surface area contributed by atoms with Crippen molar-refractivity contribution < 1.29 is 9.18 Å². The van der Waals surface area contributed by atoms with Crippen LogP contribution in [-0.4, -0.2) is 51.5 Å². The summed E-state index contributed by atoms with van der Waals surface area (Å²) in [7, 11) is 0. The van der Waals surface area contributed by atoms with Crippen molar-refractivity contribution in [3.05, 3.63) is 77.5 Å². The van der Waals surface area contributed by atoms with Gasteiger partial charge in [0, 0.05) is 49.9 Å². The van der Waals surface area contributed by atoms with Crippen molar-refractivity contribution in [2.24, 2.45) is 0 Å². The minimum absolute atomic E-state index is 0.0567. The molecule has 0 radical (unpaired) electrons. The van der Waals surface area contributed by atoms with Crippen molar-refractivity contribution in [2.75, 3.05) is 31.1 Å². The summed E-state index contributed by atoms with van der Waals surface area (Å²) in [5, 5.41) is 10.7. The number of aromatic nitrogens is 3. The molecular weight excluding hydrogens is 467 g/mol. The quantitative estimate of drug-likeness (QED) is 0.409. The lowest BCUT2D eigenvalue weighted by molar-refractivity contribution is 0.0740. The van der Waals surface area contributed by atoms with E-state index in [2.05, 4.69) is 20.5 Å². The Labute approximate surface area is 214 Å². The van der Waals surface area contributed by atoms with Crippen LogP contribution in [0, 0.1) is 17.1 Å². The Morgan fingerprint density at radius 3 is 2.51 bits per heavy atom. The number of nitriles is 1. The summed E-state index contributed by atoms with van der Waals surface area (Å²) in [5.41, 5.74) is 4.60. The standard InChI is InChI=1S/C29H27FN6O/c30-22-11-9-20(10-12-22)28-33-26(25-8-2-1-5-13-36(25)28)29(37)35-16-14-34(15-17-35)27-21(18-31)19-32-24-7-4-3-6-23(24)27/h3-4,6-7,9-12,19H,1-2,5,8,13-17H2. The van der Waals surface area contributed by atoms with Crippen molar-refractivity contribution in [3.8, 4) is 17.5 Å². The van der Waals surface area contributed by atoms with E-state index < -0.39 is 0 Å². The Morgan fingerprint density at radius 2 is 1.73 bits per heavy atom. The van der Waals surface area contributed by atoms with Crippen molar-refractivity contribution in [1.29, 1.82) is 5.26 Å². The molecule has 7 nitrogen and oxygen atoms in total. The Morgan fingerprint density at radius 1 is 0.946 bits per heavy atom. The zero-order chi connectivity index (χ0) is 25.4. The van der Waals surface area contributed by atoms with Gasteiger partial charge in [0.2, 0.25) is 0 Å². The normalized spacial score (nSPS) is 15.8. The fraction of sp³-hybridized carbons (Fsp3) is 0.310. The van der Waals surface area contributed by atoms with Gasteiger partial charge in [-0.15, -0.1) is 0 Å². The number of para-hydroxylation sites is 1. The van der Waals surface area contributed by atoms with E-state index in [0.717, 1.165) is 65.9 Å². The van der Waals surface area contributed by atoms with Gasteiger partial charge in [-0.2, -0.15) is 5.26 Å². The molecule has 2 aliphatic rings. The number of benzene rings is 2. The van der Waals surface area contributed by atoms with Crippen LogP contribution in [0.3, 0.4) is 0 Å². The Kier molecular flexibility index (Phi) is 6.05. The SMILES string of the molecule is N#Cc1cnc2ccccc2c1N1CCN(C(=O)c2nc(-c3ccc(F)cc3)n3c2CCCCC3)CC1. The van der Waals surface area contributed by atoms with E-state index in [0.29, 0.717) is 37.4 Å². The second-order valence-corrected chi connectivity index (χ2v) is 9.63. The van der Waals surface area contributed by atoms with Gasteiger partial charge < -0.3 is 14.4 Å². The maximum Gasteiger partial charge on any atom is 0.274 e. The summed E-state index contributed by atoms with van der Waals surface area (Å²) >= 11 is 0. The third-order valence-electron chi connectivity index (χ3n) is 7.42. The van der Waals surface area contributed by atoms with E-state index in [1.807, 2.05) is 29.2 Å². The highest BCUT2D eigenvalue weighted by molar-refractivity contribution is 5.96. The molecule has 0 unspecified atom stereocenters. The van der Waals surface area contributed by atoms with Gasteiger partial charge in [0.15, 0.2) is 0 Å². The van der Waals surface area contributed by atoms with Crippen LogP contribution in [0.4, 0.5) is 10.1 Å². The molecule has 6 rings (SSSR count). The molecule has 4 heterocycles. The lowest BCUT2D eigenvalue weighted by Gasteiger charge is -2.36. The maximum absolute atomic E-state index is 13.8. The number of rotatable bonds is 3. The number of anilines is 1. The second kappa shape index (κ2) is 9.66. The van der Waals surface area contributed by atoms with Crippen molar-refractivity contribution in [3.63, 3.8) is 0 Å². The number of hydrogen-bond acceptors (Lipinski definition) is 5. The predicted octanol–water partition coefficient (Wildman–Crippen LogP) is 4.80. The molecule has 1 amide bonds. The first-order chi connectivity index (χ1) is 18.1. The minimum Gasteiger partial charge on any atom is -0.366 e. The Bertz CT molecular complexity index is 1510. The second-order valence-electron chi connectivity index (χ2n) is 9.63. The molecule has 0 spiro atoms.